The monoisotopic (exact) mass is 303 g/mol. The Morgan fingerprint density at radius 2 is 1.95 bits per heavy atom. The Kier molecular flexibility index (Phi) is 4.00. The maximum Gasteiger partial charge on any atom is 0.274 e. The number of hydrogen-bond donors (Lipinski definition) is 2. The summed E-state index contributed by atoms with van der Waals surface area (Å²) in [6.07, 6.45) is 4.88. The molecule has 22 heavy (non-hydrogen) atoms. The molecule has 2 aliphatic carbocycles. The van der Waals surface area contributed by atoms with Gasteiger partial charge in [0, 0.05) is 23.4 Å². The molecule has 3 rings (SSSR count). The van der Waals surface area contributed by atoms with Gasteiger partial charge in [-0.25, -0.2) is 0 Å². The molecule has 118 valence electrons. The largest absolute Gasteiger partial charge is 0.376 e. The van der Waals surface area contributed by atoms with E-state index in [-0.39, 0.29) is 18.1 Å². The first kappa shape index (κ1) is 14.8. The van der Waals surface area contributed by atoms with Crippen molar-refractivity contribution in [1.29, 1.82) is 0 Å². The third-order valence-electron chi connectivity index (χ3n) is 4.53. The highest BCUT2D eigenvalue weighted by Gasteiger charge is 2.42. The van der Waals surface area contributed by atoms with Crippen molar-refractivity contribution in [2.75, 3.05) is 11.9 Å². The van der Waals surface area contributed by atoms with Gasteiger partial charge in [-0.15, -0.1) is 0 Å². The molecule has 1 amide bonds. The molecule has 0 saturated heterocycles. The molecule has 2 saturated carbocycles. The molecule has 0 heterocycles. The maximum absolute atomic E-state index is 12.1. The number of nitro groups is 1. The van der Waals surface area contributed by atoms with Crippen LogP contribution in [-0.2, 0) is 4.79 Å². The first-order valence-corrected chi connectivity index (χ1v) is 7.83. The van der Waals surface area contributed by atoms with E-state index in [0.717, 1.165) is 0 Å². The van der Waals surface area contributed by atoms with Crippen molar-refractivity contribution in [3.63, 3.8) is 0 Å². The van der Waals surface area contributed by atoms with Gasteiger partial charge in [0.25, 0.3) is 5.69 Å². The van der Waals surface area contributed by atoms with Crippen LogP contribution in [0, 0.1) is 28.9 Å². The van der Waals surface area contributed by atoms with Crippen molar-refractivity contribution in [3.05, 3.63) is 33.9 Å². The van der Waals surface area contributed by atoms with Crippen molar-refractivity contribution < 1.29 is 9.72 Å². The summed E-state index contributed by atoms with van der Waals surface area (Å²) in [4.78, 5) is 22.6. The van der Waals surface area contributed by atoms with Crippen LogP contribution in [0.5, 0.6) is 0 Å². The molecule has 6 heteroatoms. The number of nitrogens with zero attached hydrogens (tertiary/aromatic N) is 1. The lowest BCUT2D eigenvalue weighted by Crippen LogP contribution is -2.41. The van der Waals surface area contributed by atoms with Crippen LogP contribution in [0.1, 0.15) is 31.2 Å². The van der Waals surface area contributed by atoms with Gasteiger partial charge in [-0.05, 0) is 50.5 Å². The number of anilines is 1. The van der Waals surface area contributed by atoms with Crippen LogP contribution in [0.15, 0.2) is 18.2 Å². The minimum Gasteiger partial charge on any atom is -0.376 e. The zero-order valence-corrected chi connectivity index (χ0v) is 12.7. The van der Waals surface area contributed by atoms with E-state index in [1.165, 1.54) is 31.7 Å². The zero-order valence-electron chi connectivity index (χ0n) is 12.7. The summed E-state index contributed by atoms with van der Waals surface area (Å²) in [6.45, 7) is 1.84. The lowest BCUT2D eigenvalue weighted by Gasteiger charge is -2.18. The van der Waals surface area contributed by atoms with Gasteiger partial charge in [-0.3, -0.25) is 14.9 Å². The molecule has 2 N–H and O–H groups in total. The van der Waals surface area contributed by atoms with Crippen molar-refractivity contribution >= 4 is 17.3 Å². The SMILES string of the molecule is Cc1c(NCC(=O)NC(C2CC2)C2CC2)cccc1[N+](=O)[O-]. The summed E-state index contributed by atoms with van der Waals surface area (Å²) >= 11 is 0. The number of benzene rings is 1. The first-order valence-electron chi connectivity index (χ1n) is 7.83. The predicted octanol–water partition coefficient (Wildman–Crippen LogP) is 2.62. The second kappa shape index (κ2) is 5.94. The molecule has 0 radical (unpaired) electrons. The van der Waals surface area contributed by atoms with E-state index in [2.05, 4.69) is 10.6 Å². The molecular weight excluding hydrogens is 282 g/mol. The Morgan fingerprint density at radius 3 is 2.50 bits per heavy atom. The number of nitro benzene ring substituents is 1. The quantitative estimate of drug-likeness (QED) is 0.599. The van der Waals surface area contributed by atoms with Crippen molar-refractivity contribution in [2.45, 2.75) is 38.6 Å². The fourth-order valence-electron chi connectivity index (χ4n) is 2.96. The summed E-state index contributed by atoms with van der Waals surface area (Å²) in [5, 5.41) is 17.1. The molecule has 1 aromatic rings. The molecule has 6 nitrogen and oxygen atoms in total. The Labute approximate surface area is 129 Å². The highest BCUT2D eigenvalue weighted by atomic mass is 16.6. The number of carbonyl (C=O) groups excluding carboxylic acids is 1. The average Bonchev–Trinajstić information content (AvgIpc) is 3.37. The summed E-state index contributed by atoms with van der Waals surface area (Å²) in [5.41, 5.74) is 1.26. The summed E-state index contributed by atoms with van der Waals surface area (Å²) in [5.74, 6) is 1.29. The number of amides is 1. The highest BCUT2D eigenvalue weighted by molar-refractivity contribution is 5.81. The van der Waals surface area contributed by atoms with E-state index in [1.807, 2.05) is 0 Å². The van der Waals surface area contributed by atoms with Crippen molar-refractivity contribution in [1.82, 2.24) is 5.32 Å². The molecule has 0 spiro atoms. The van der Waals surface area contributed by atoms with Crippen LogP contribution in [0.2, 0.25) is 0 Å². The van der Waals surface area contributed by atoms with Crippen LogP contribution in [0.3, 0.4) is 0 Å². The number of rotatable bonds is 7. The summed E-state index contributed by atoms with van der Waals surface area (Å²) in [7, 11) is 0. The highest BCUT2D eigenvalue weighted by Crippen LogP contribution is 2.44. The number of carbonyl (C=O) groups is 1. The Morgan fingerprint density at radius 1 is 1.32 bits per heavy atom. The topological polar surface area (TPSA) is 84.3 Å². The van der Waals surface area contributed by atoms with Gasteiger partial charge in [0.2, 0.25) is 5.91 Å². The average molecular weight is 303 g/mol. The fraction of sp³-hybridized carbons (Fsp3) is 0.562. The zero-order chi connectivity index (χ0) is 15.7. The Bertz CT molecular complexity index is 582. The molecular formula is C16H21N3O3. The smallest absolute Gasteiger partial charge is 0.274 e. The van der Waals surface area contributed by atoms with Gasteiger partial charge in [0.1, 0.15) is 0 Å². The van der Waals surface area contributed by atoms with Gasteiger partial charge in [0.05, 0.1) is 11.5 Å². The van der Waals surface area contributed by atoms with E-state index in [0.29, 0.717) is 29.1 Å². The Balaban J connectivity index is 1.56. The van der Waals surface area contributed by atoms with Crippen LogP contribution in [0.4, 0.5) is 11.4 Å². The number of hydrogen-bond acceptors (Lipinski definition) is 4. The van der Waals surface area contributed by atoms with Crippen LogP contribution < -0.4 is 10.6 Å². The maximum atomic E-state index is 12.1. The van der Waals surface area contributed by atoms with Crippen LogP contribution in [0.25, 0.3) is 0 Å². The second-order valence-electron chi connectivity index (χ2n) is 6.33. The third-order valence-corrected chi connectivity index (χ3v) is 4.53. The molecule has 2 fully saturated rings. The van der Waals surface area contributed by atoms with E-state index in [4.69, 9.17) is 0 Å². The molecule has 1 aromatic carbocycles. The minimum absolute atomic E-state index is 0.0327. The molecule has 0 atom stereocenters. The van der Waals surface area contributed by atoms with Gasteiger partial charge >= 0.3 is 0 Å². The summed E-state index contributed by atoms with van der Waals surface area (Å²) in [6, 6.07) is 5.19. The van der Waals surface area contributed by atoms with E-state index >= 15 is 0 Å². The standard InChI is InChI=1S/C16H21N3O3/c1-10-13(3-2-4-14(10)19(21)22)17-9-15(20)18-16(11-5-6-11)12-7-8-12/h2-4,11-12,16-17H,5-9H2,1H3,(H,18,20). The van der Waals surface area contributed by atoms with E-state index < -0.39 is 4.92 Å². The predicted molar refractivity (Wildman–Crippen MR) is 83.7 cm³/mol. The van der Waals surface area contributed by atoms with E-state index in [9.17, 15) is 14.9 Å². The lowest BCUT2D eigenvalue weighted by atomic mass is 10.1. The van der Waals surface area contributed by atoms with Crippen LogP contribution in [-0.4, -0.2) is 23.4 Å². The van der Waals surface area contributed by atoms with Gasteiger partial charge in [-0.1, -0.05) is 6.07 Å². The molecule has 0 aromatic heterocycles. The normalized spacial score (nSPS) is 17.4. The van der Waals surface area contributed by atoms with Gasteiger partial charge < -0.3 is 10.6 Å². The minimum atomic E-state index is -0.406. The molecule has 0 bridgehead atoms. The molecule has 0 unspecified atom stereocenters. The molecule has 2 aliphatic rings. The fourth-order valence-corrected chi connectivity index (χ4v) is 2.96. The lowest BCUT2D eigenvalue weighted by molar-refractivity contribution is -0.385. The number of nitrogens with one attached hydrogen (secondary N) is 2. The van der Waals surface area contributed by atoms with Crippen molar-refractivity contribution in [2.24, 2.45) is 11.8 Å². The second-order valence-corrected chi connectivity index (χ2v) is 6.33. The van der Waals surface area contributed by atoms with Gasteiger partial charge in [0.15, 0.2) is 0 Å². The third kappa shape index (κ3) is 3.37. The van der Waals surface area contributed by atoms with Gasteiger partial charge in [-0.2, -0.15) is 0 Å². The van der Waals surface area contributed by atoms with Crippen molar-refractivity contribution in [3.8, 4) is 0 Å². The van der Waals surface area contributed by atoms with Crippen LogP contribution >= 0.6 is 0 Å². The summed E-state index contributed by atoms with van der Waals surface area (Å²) < 4.78 is 0. The molecule has 0 aliphatic heterocycles. The van der Waals surface area contributed by atoms with E-state index in [1.54, 1.807) is 19.1 Å². The first-order chi connectivity index (χ1) is 10.6. The Hall–Kier alpha value is -2.11.